The van der Waals surface area contributed by atoms with Gasteiger partial charge >= 0.3 is 0 Å². The van der Waals surface area contributed by atoms with E-state index in [-0.39, 0.29) is 10.9 Å². The molecule has 8 heteroatoms. The van der Waals surface area contributed by atoms with Gasteiger partial charge in [-0.15, -0.1) is 11.8 Å². The zero-order valence-corrected chi connectivity index (χ0v) is 17.0. The van der Waals surface area contributed by atoms with E-state index in [0.29, 0.717) is 16.0 Å². The number of hydrogen-bond donors (Lipinski definition) is 1. The Kier molecular flexibility index (Phi) is 5.62. The first kappa shape index (κ1) is 18.6. The van der Waals surface area contributed by atoms with E-state index in [1.807, 2.05) is 24.3 Å². The average molecular weight is 444 g/mol. The minimum absolute atomic E-state index is 0.126. The zero-order valence-electron chi connectivity index (χ0n) is 13.8. The second-order valence-electron chi connectivity index (χ2n) is 5.49. The minimum atomic E-state index is -3.73. The van der Waals surface area contributed by atoms with Gasteiger partial charge in [-0.3, -0.25) is 0 Å². The fourth-order valence-electron chi connectivity index (χ4n) is 2.76. The predicted octanol–water partition coefficient (Wildman–Crippen LogP) is 3.98. The summed E-state index contributed by atoms with van der Waals surface area (Å²) in [5, 5.41) is 0. The van der Waals surface area contributed by atoms with Gasteiger partial charge in [-0.2, -0.15) is 0 Å². The highest BCUT2D eigenvalue weighted by molar-refractivity contribution is 9.10. The number of hydrogen-bond acceptors (Lipinski definition) is 5. The van der Waals surface area contributed by atoms with Crippen LogP contribution in [0.15, 0.2) is 50.7 Å². The Hall–Kier alpha value is -1.22. The molecule has 25 heavy (non-hydrogen) atoms. The third kappa shape index (κ3) is 3.81. The van der Waals surface area contributed by atoms with Crippen LogP contribution in [-0.4, -0.2) is 28.4 Å². The van der Waals surface area contributed by atoms with Crippen molar-refractivity contribution in [3.63, 3.8) is 0 Å². The summed E-state index contributed by atoms with van der Waals surface area (Å²) in [6.45, 7) is 0. The number of halogens is 1. The maximum atomic E-state index is 13.0. The molecule has 0 radical (unpaired) electrons. The van der Waals surface area contributed by atoms with E-state index in [1.165, 1.54) is 20.3 Å². The van der Waals surface area contributed by atoms with Crippen LogP contribution in [0.1, 0.15) is 18.0 Å². The Morgan fingerprint density at radius 1 is 1.16 bits per heavy atom. The van der Waals surface area contributed by atoms with Crippen LogP contribution in [0.4, 0.5) is 0 Å². The summed E-state index contributed by atoms with van der Waals surface area (Å²) in [6.07, 6.45) is 0.742. The van der Waals surface area contributed by atoms with Crippen molar-refractivity contribution in [3.05, 3.63) is 46.4 Å². The lowest BCUT2D eigenvalue weighted by atomic mass is 10.1. The fraction of sp³-hybridized carbons (Fsp3) is 0.294. The Balaban J connectivity index is 1.96. The second-order valence-corrected chi connectivity index (χ2v) is 9.16. The third-order valence-electron chi connectivity index (χ3n) is 3.98. The average Bonchev–Trinajstić information content (AvgIpc) is 2.61. The van der Waals surface area contributed by atoms with Gasteiger partial charge in [0, 0.05) is 21.5 Å². The molecule has 1 N–H and O–H groups in total. The molecule has 1 aliphatic rings. The first-order valence-electron chi connectivity index (χ1n) is 7.62. The smallest absolute Gasteiger partial charge is 0.242 e. The van der Waals surface area contributed by atoms with Crippen molar-refractivity contribution in [2.45, 2.75) is 22.3 Å². The van der Waals surface area contributed by atoms with Crippen molar-refractivity contribution in [2.75, 3.05) is 20.0 Å². The number of fused-ring (bicyclic) bond motifs is 1. The molecule has 5 nitrogen and oxygen atoms in total. The van der Waals surface area contributed by atoms with E-state index in [2.05, 4.69) is 20.7 Å². The molecule has 1 aliphatic heterocycles. The summed E-state index contributed by atoms with van der Waals surface area (Å²) in [6, 6.07) is 10.7. The van der Waals surface area contributed by atoms with E-state index >= 15 is 0 Å². The minimum Gasteiger partial charge on any atom is -0.493 e. The van der Waals surface area contributed by atoms with E-state index in [0.717, 1.165) is 22.6 Å². The van der Waals surface area contributed by atoms with Crippen LogP contribution in [0.5, 0.6) is 11.5 Å². The molecule has 2 aromatic carbocycles. The second kappa shape index (κ2) is 7.57. The molecule has 1 heterocycles. The van der Waals surface area contributed by atoms with Crippen molar-refractivity contribution in [2.24, 2.45) is 0 Å². The van der Waals surface area contributed by atoms with Gasteiger partial charge in [0.1, 0.15) is 4.90 Å². The van der Waals surface area contributed by atoms with Crippen LogP contribution in [0.3, 0.4) is 0 Å². The Morgan fingerprint density at radius 2 is 1.84 bits per heavy atom. The van der Waals surface area contributed by atoms with Crippen LogP contribution >= 0.6 is 27.7 Å². The van der Waals surface area contributed by atoms with Gasteiger partial charge in [-0.05, 0) is 45.8 Å². The molecule has 134 valence electrons. The highest BCUT2D eigenvalue weighted by atomic mass is 79.9. The largest absolute Gasteiger partial charge is 0.493 e. The van der Waals surface area contributed by atoms with Gasteiger partial charge in [-0.25, -0.2) is 13.1 Å². The molecule has 0 saturated carbocycles. The van der Waals surface area contributed by atoms with Crippen molar-refractivity contribution >= 4 is 37.7 Å². The molecule has 3 rings (SSSR count). The summed E-state index contributed by atoms with van der Waals surface area (Å²) in [5.41, 5.74) is 1.01. The first-order chi connectivity index (χ1) is 12.0. The molecule has 1 atom stereocenters. The van der Waals surface area contributed by atoms with Crippen molar-refractivity contribution in [1.82, 2.24) is 4.72 Å². The number of benzene rings is 2. The standard InChI is InChI=1S/C17H18BrNO4S2/c1-22-14-9-12(18)17(10-15(14)23-2)25(20,21)19-13-7-8-24-16-6-4-3-5-11(13)16/h3-6,9-10,13,19H,7-8H2,1-2H3/t13-/m0/s1. The van der Waals surface area contributed by atoms with Crippen molar-refractivity contribution < 1.29 is 17.9 Å². The number of rotatable bonds is 5. The molecule has 0 aromatic heterocycles. The summed E-state index contributed by atoms with van der Waals surface area (Å²) in [5.74, 6) is 1.70. The number of thioether (sulfide) groups is 1. The molecule has 0 amide bonds. The van der Waals surface area contributed by atoms with Gasteiger partial charge in [-0.1, -0.05) is 18.2 Å². The highest BCUT2D eigenvalue weighted by Gasteiger charge is 2.28. The number of nitrogens with one attached hydrogen (secondary N) is 1. The van der Waals surface area contributed by atoms with Gasteiger partial charge in [0.15, 0.2) is 11.5 Å². The maximum Gasteiger partial charge on any atom is 0.242 e. The third-order valence-corrected chi connectivity index (χ3v) is 7.54. The van der Waals surface area contributed by atoms with Crippen LogP contribution < -0.4 is 14.2 Å². The Bertz CT molecular complexity index is 886. The van der Waals surface area contributed by atoms with Gasteiger partial charge < -0.3 is 9.47 Å². The topological polar surface area (TPSA) is 64.6 Å². The van der Waals surface area contributed by atoms with E-state index in [4.69, 9.17) is 9.47 Å². The van der Waals surface area contributed by atoms with Gasteiger partial charge in [0.05, 0.1) is 14.2 Å². The van der Waals surface area contributed by atoms with Crippen molar-refractivity contribution in [3.8, 4) is 11.5 Å². The zero-order chi connectivity index (χ0) is 18.0. The molecule has 0 aliphatic carbocycles. The molecule has 0 bridgehead atoms. The normalized spacial score (nSPS) is 17.0. The van der Waals surface area contributed by atoms with Crippen molar-refractivity contribution in [1.29, 1.82) is 0 Å². The quantitative estimate of drug-likeness (QED) is 0.756. The predicted molar refractivity (Wildman–Crippen MR) is 102 cm³/mol. The molecule has 2 aromatic rings. The molecule has 0 fully saturated rings. The fourth-order valence-corrected chi connectivity index (χ4v) is 6.17. The number of ether oxygens (including phenoxy) is 2. The lowest BCUT2D eigenvalue weighted by Gasteiger charge is -2.26. The Morgan fingerprint density at radius 3 is 2.56 bits per heavy atom. The first-order valence-corrected chi connectivity index (χ1v) is 10.9. The molecule has 0 spiro atoms. The van der Waals surface area contributed by atoms with Gasteiger partial charge in [0.25, 0.3) is 0 Å². The highest BCUT2D eigenvalue weighted by Crippen LogP contribution is 2.39. The monoisotopic (exact) mass is 443 g/mol. The van der Waals surface area contributed by atoms with Gasteiger partial charge in [0.2, 0.25) is 10.0 Å². The lowest BCUT2D eigenvalue weighted by Crippen LogP contribution is -2.31. The summed E-state index contributed by atoms with van der Waals surface area (Å²) < 4.78 is 39.6. The van der Waals surface area contributed by atoms with Crippen LogP contribution in [0, 0.1) is 0 Å². The SMILES string of the molecule is COc1cc(Br)c(S(=O)(=O)N[C@H]2CCSc3ccccc32)cc1OC. The molecule has 0 unspecified atom stereocenters. The number of methoxy groups -OCH3 is 2. The van der Waals surface area contributed by atoms with Crippen LogP contribution in [0.25, 0.3) is 0 Å². The maximum absolute atomic E-state index is 13.0. The number of sulfonamides is 1. The summed E-state index contributed by atoms with van der Waals surface area (Å²) in [4.78, 5) is 1.24. The molecular formula is C17H18BrNO4S2. The van der Waals surface area contributed by atoms with E-state index in [1.54, 1.807) is 17.8 Å². The molecule has 0 saturated heterocycles. The van der Waals surface area contributed by atoms with E-state index in [9.17, 15) is 8.42 Å². The summed E-state index contributed by atoms with van der Waals surface area (Å²) >= 11 is 5.07. The van der Waals surface area contributed by atoms with Crippen LogP contribution in [0.2, 0.25) is 0 Å². The lowest BCUT2D eigenvalue weighted by molar-refractivity contribution is 0.353. The van der Waals surface area contributed by atoms with E-state index < -0.39 is 10.0 Å². The van der Waals surface area contributed by atoms with Crippen LogP contribution in [-0.2, 0) is 10.0 Å². The Labute approximate surface area is 160 Å². The molecular weight excluding hydrogens is 426 g/mol. The summed E-state index contributed by atoms with van der Waals surface area (Å²) in [7, 11) is -0.749.